The number of fused-ring (bicyclic) bond motifs is 1. The zero-order valence-electron chi connectivity index (χ0n) is 37.4. The Balaban J connectivity index is 0.000000397. The van der Waals surface area contributed by atoms with Gasteiger partial charge in [0.2, 0.25) is 12.3 Å². The topological polar surface area (TPSA) is 20.9 Å². The number of benzene rings is 6. The summed E-state index contributed by atoms with van der Waals surface area (Å²) in [6, 6.07) is 8.66. The first-order valence-corrected chi connectivity index (χ1v) is 21.8. The average Bonchev–Trinajstić information content (AvgIpc) is 3.30. The number of carbonyl (C=O) groups excluding carboxylic acids is 1. The van der Waals surface area contributed by atoms with Crippen LogP contribution in [0.4, 0.5) is 105 Å². The number of Topliss-reactive ketones (excluding diaryl/α,β-unsaturated/α-hetero) is 1. The highest BCUT2D eigenvalue weighted by molar-refractivity contribution is 9.10. The molecule has 0 unspecified atom stereocenters. The molecule has 0 aliphatic heterocycles. The van der Waals surface area contributed by atoms with Crippen LogP contribution in [0.3, 0.4) is 0 Å². The number of pyridine rings is 1. The predicted octanol–water partition coefficient (Wildman–Crippen LogP) is 15.0. The maximum absolute atomic E-state index is 14.2. The average molecular weight is 1190 g/mol. The molecule has 0 spiro atoms. The summed E-state index contributed by atoms with van der Waals surface area (Å²) < 4.78 is 344. The smallest absolute Gasteiger partial charge is 0.287 e. The Bertz CT molecular complexity index is 2870. The van der Waals surface area contributed by atoms with E-state index in [4.69, 9.17) is 0 Å². The molecule has 28 heteroatoms. The van der Waals surface area contributed by atoms with E-state index in [9.17, 15) is 110 Å². The molecule has 410 valence electrons. The van der Waals surface area contributed by atoms with Gasteiger partial charge in [-0.15, -0.1) is 0 Å². The van der Waals surface area contributed by atoms with Gasteiger partial charge in [0.1, 0.15) is 6.15 Å². The van der Waals surface area contributed by atoms with Crippen LogP contribution in [-0.4, -0.2) is 11.9 Å². The van der Waals surface area contributed by atoms with Crippen molar-refractivity contribution >= 4 is 60.5 Å². The molecule has 0 bridgehead atoms. The maximum Gasteiger partial charge on any atom is 0.416 e. The van der Waals surface area contributed by atoms with Gasteiger partial charge in [0, 0.05) is 16.1 Å². The van der Waals surface area contributed by atoms with Gasteiger partial charge in [-0.25, -0.2) is 0 Å². The lowest BCUT2D eigenvalue weighted by atomic mass is 9.12. The van der Waals surface area contributed by atoms with Gasteiger partial charge < -0.3 is 0 Å². The van der Waals surface area contributed by atoms with Crippen LogP contribution in [0.5, 0.6) is 0 Å². The second-order valence-electron chi connectivity index (χ2n) is 16.9. The van der Waals surface area contributed by atoms with Crippen LogP contribution in [0.25, 0.3) is 10.8 Å². The Labute approximate surface area is 424 Å². The SMILES string of the molecule is FC(F)(F)c1cc([B-](c2cc(C(F)(F)F)cc(C(F)(F)F)c2)(c2cc(C(F)(F)F)cc(C(F)(F)F)c2)c2cc(C(F)(F)F)cc(C(F)(F)F)c2)cc(C(F)(F)F)c1.O=C(C[n+]1ccc2cccc(Br)c2c1)c1ccccc1. The second-order valence-corrected chi connectivity index (χ2v) is 17.7. The fourth-order valence-electron chi connectivity index (χ4n) is 8.27. The van der Waals surface area contributed by atoms with Crippen LogP contribution < -0.4 is 26.4 Å². The first-order valence-electron chi connectivity index (χ1n) is 21.0. The first kappa shape index (κ1) is 59.5. The Kier molecular flexibility index (Phi) is 15.9. The van der Waals surface area contributed by atoms with Gasteiger partial charge in [0.15, 0.2) is 12.4 Å². The quantitative estimate of drug-likeness (QED) is 0.0674. The van der Waals surface area contributed by atoms with Gasteiger partial charge in [-0.3, -0.25) is 4.79 Å². The molecule has 0 aliphatic rings. The lowest BCUT2D eigenvalue weighted by Gasteiger charge is -2.46. The fraction of sp³-hybridized carbons (Fsp3) is 0.184. The molecule has 7 rings (SSSR count). The number of carbonyl (C=O) groups is 1. The normalized spacial score (nSPS) is 13.4. The van der Waals surface area contributed by atoms with Gasteiger partial charge in [-0.05, 0) is 51.6 Å². The minimum absolute atomic E-state index is 0.113. The molecule has 0 saturated heterocycles. The van der Waals surface area contributed by atoms with E-state index < -0.39 is 195 Å². The van der Waals surface area contributed by atoms with Crippen molar-refractivity contribution in [3.8, 4) is 0 Å². The van der Waals surface area contributed by atoms with E-state index in [0.717, 1.165) is 20.8 Å². The number of hydrogen-bond acceptors (Lipinski definition) is 1. The minimum Gasteiger partial charge on any atom is -0.287 e. The maximum atomic E-state index is 14.2. The van der Waals surface area contributed by atoms with Gasteiger partial charge >= 0.3 is 49.4 Å². The summed E-state index contributed by atoms with van der Waals surface area (Å²) in [4.78, 5) is 12.2. The third-order valence-corrected chi connectivity index (χ3v) is 12.4. The zero-order chi connectivity index (χ0) is 57.9. The van der Waals surface area contributed by atoms with Crippen LogP contribution in [0, 0.1) is 0 Å². The summed E-state index contributed by atoms with van der Waals surface area (Å²) in [5.74, 6) is 0.113. The molecule has 6 aromatic carbocycles. The highest BCUT2D eigenvalue weighted by Gasteiger charge is 2.47. The van der Waals surface area contributed by atoms with E-state index in [-0.39, 0.29) is 5.78 Å². The molecular weight excluding hydrogens is 1170 g/mol. The van der Waals surface area contributed by atoms with Gasteiger partial charge in [0.05, 0.1) is 49.9 Å². The third-order valence-electron chi connectivity index (χ3n) is 11.7. The van der Waals surface area contributed by atoms with E-state index in [2.05, 4.69) is 22.0 Å². The van der Waals surface area contributed by atoms with E-state index in [1.54, 1.807) is 0 Å². The van der Waals surface area contributed by atoms with Crippen LogP contribution in [0.15, 0.2) is 144 Å². The second kappa shape index (κ2) is 20.6. The molecule has 0 aliphatic carbocycles. The molecule has 0 radical (unpaired) electrons. The van der Waals surface area contributed by atoms with E-state index in [1.165, 1.54) is 0 Å². The van der Waals surface area contributed by atoms with Crippen LogP contribution in [0.2, 0.25) is 0 Å². The van der Waals surface area contributed by atoms with Crippen molar-refractivity contribution in [3.05, 3.63) is 194 Å². The fourth-order valence-corrected chi connectivity index (χ4v) is 8.75. The van der Waals surface area contributed by atoms with E-state index >= 15 is 0 Å². The van der Waals surface area contributed by atoms with Crippen molar-refractivity contribution in [2.45, 2.75) is 56.0 Å². The van der Waals surface area contributed by atoms with Crippen molar-refractivity contribution in [3.63, 3.8) is 0 Å². The lowest BCUT2D eigenvalue weighted by Crippen LogP contribution is -2.75. The van der Waals surface area contributed by atoms with Gasteiger partial charge in [-0.2, -0.15) is 132 Å². The number of hydrogen-bond donors (Lipinski definition) is 0. The van der Waals surface area contributed by atoms with E-state index in [1.807, 2.05) is 65.5 Å². The standard InChI is InChI=1S/C32H12BF24.C17H13BrNO/c34-25(35,36)13-1-14(26(37,38)39)6-21(5-13)33(22-7-15(27(40,41)42)2-16(8-22)28(43,44)45,23-9-17(29(46,47)48)3-18(10-23)30(49,50)51)24-11-19(31(52,53)54)4-20(12-24)32(55,56)57;18-16-8-4-7-13-9-10-19(11-15(13)16)12-17(20)14-5-2-1-3-6-14/h1-12H;1-11H,12H2/q-1;+1. The van der Waals surface area contributed by atoms with Crippen LogP contribution in [0.1, 0.15) is 54.9 Å². The highest BCUT2D eigenvalue weighted by Crippen LogP contribution is 2.41. The molecule has 77 heavy (non-hydrogen) atoms. The van der Waals surface area contributed by atoms with Gasteiger partial charge in [0.25, 0.3) is 0 Å². The molecule has 0 atom stereocenters. The molecule has 1 heterocycles. The minimum atomic E-state index is -6.13. The molecule has 0 saturated carbocycles. The van der Waals surface area contributed by atoms with Crippen molar-refractivity contribution in [1.82, 2.24) is 0 Å². The van der Waals surface area contributed by atoms with Crippen molar-refractivity contribution < 1.29 is 115 Å². The number of rotatable bonds is 7. The summed E-state index contributed by atoms with van der Waals surface area (Å²) in [5.41, 5.74) is -29.5. The molecule has 2 nitrogen and oxygen atoms in total. The van der Waals surface area contributed by atoms with Crippen LogP contribution in [-0.2, 0) is 56.0 Å². The number of nitrogens with zero attached hydrogens (tertiary/aromatic N) is 1. The summed E-state index contributed by atoms with van der Waals surface area (Å²) in [5, 5.41) is 2.26. The summed E-state index contributed by atoms with van der Waals surface area (Å²) >= 11 is 3.54. The van der Waals surface area contributed by atoms with E-state index in [0.29, 0.717) is 6.54 Å². The molecule has 0 amide bonds. The molecule has 0 N–H and O–H groups in total. The highest BCUT2D eigenvalue weighted by atomic mass is 79.9. The molecule has 1 aromatic heterocycles. The number of alkyl halides is 24. The summed E-state index contributed by atoms with van der Waals surface area (Å²) in [6.07, 6.45) is -50.9. The Hall–Kier alpha value is -6.74. The number of halogens is 25. The number of aromatic nitrogens is 1. The summed E-state index contributed by atoms with van der Waals surface area (Å²) in [6.45, 7) is 0.348. The Morgan fingerprint density at radius 2 is 0.662 bits per heavy atom. The van der Waals surface area contributed by atoms with Crippen LogP contribution >= 0.6 is 15.9 Å². The summed E-state index contributed by atoms with van der Waals surface area (Å²) in [7, 11) is 0. The third kappa shape index (κ3) is 13.5. The van der Waals surface area contributed by atoms with Crippen molar-refractivity contribution in [2.75, 3.05) is 0 Å². The lowest BCUT2D eigenvalue weighted by molar-refractivity contribution is -0.681. The predicted molar refractivity (Wildman–Crippen MR) is 233 cm³/mol. The first-order chi connectivity index (χ1) is 35.0. The largest absolute Gasteiger partial charge is 0.416 e. The zero-order valence-corrected chi connectivity index (χ0v) is 39.0. The number of ketones is 1. The van der Waals surface area contributed by atoms with Crippen molar-refractivity contribution in [1.29, 1.82) is 0 Å². The molecule has 0 fully saturated rings. The molecule has 7 aromatic rings. The monoisotopic (exact) mass is 1190 g/mol. The molecular formula is C49H25BBrF24NO. The van der Waals surface area contributed by atoms with Crippen molar-refractivity contribution in [2.24, 2.45) is 0 Å². The Morgan fingerprint density at radius 3 is 0.935 bits per heavy atom. The Morgan fingerprint density at radius 1 is 0.377 bits per heavy atom. The van der Waals surface area contributed by atoms with Gasteiger partial charge in [-0.1, -0.05) is 91.0 Å².